The summed E-state index contributed by atoms with van der Waals surface area (Å²) in [6, 6.07) is 7.47. The first-order valence-electron chi connectivity index (χ1n) is 5.92. The summed E-state index contributed by atoms with van der Waals surface area (Å²) < 4.78 is 6.73. The number of rotatable bonds is 3. The molecule has 1 aromatic carbocycles. The summed E-state index contributed by atoms with van der Waals surface area (Å²) in [5.74, 6) is -0.787. The molecule has 98 valence electrons. The van der Waals surface area contributed by atoms with E-state index in [0.29, 0.717) is 19.7 Å². The van der Waals surface area contributed by atoms with Gasteiger partial charge in [-0.1, -0.05) is 28.1 Å². The van der Waals surface area contributed by atoms with Crippen molar-refractivity contribution in [1.29, 1.82) is 0 Å². The molecule has 0 aromatic heterocycles. The highest BCUT2D eigenvalue weighted by atomic mass is 79.9. The maximum absolute atomic E-state index is 11.0. The number of halogens is 1. The minimum Gasteiger partial charge on any atom is -0.480 e. The first-order valence-corrected chi connectivity index (χ1v) is 6.71. The van der Waals surface area contributed by atoms with Gasteiger partial charge in [-0.05, 0) is 24.6 Å². The van der Waals surface area contributed by atoms with Crippen LogP contribution in [0.15, 0.2) is 28.7 Å². The van der Waals surface area contributed by atoms with Crippen molar-refractivity contribution >= 4 is 21.9 Å². The summed E-state index contributed by atoms with van der Waals surface area (Å²) in [5.41, 5.74) is 1.08. The Bertz CT molecular complexity index is 438. The summed E-state index contributed by atoms with van der Waals surface area (Å²) in [6.45, 7) is 3.56. The molecule has 1 saturated heterocycles. The van der Waals surface area contributed by atoms with Crippen molar-refractivity contribution in [3.05, 3.63) is 34.3 Å². The highest BCUT2D eigenvalue weighted by Gasteiger charge is 2.28. The van der Waals surface area contributed by atoms with Crippen LogP contribution in [-0.2, 0) is 9.53 Å². The fourth-order valence-corrected chi connectivity index (χ4v) is 2.50. The van der Waals surface area contributed by atoms with E-state index in [9.17, 15) is 4.79 Å². The highest BCUT2D eigenvalue weighted by Crippen LogP contribution is 2.25. The largest absolute Gasteiger partial charge is 0.480 e. The van der Waals surface area contributed by atoms with Gasteiger partial charge in [0.05, 0.1) is 12.7 Å². The molecule has 4 nitrogen and oxygen atoms in total. The quantitative estimate of drug-likeness (QED) is 0.930. The monoisotopic (exact) mass is 313 g/mol. The zero-order valence-electron chi connectivity index (χ0n) is 10.2. The molecule has 1 aliphatic heterocycles. The van der Waals surface area contributed by atoms with E-state index >= 15 is 0 Å². The van der Waals surface area contributed by atoms with E-state index in [1.807, 2.05) is 29.2 Å². The Kier molecular flexibility index (Phi) is 4.37. The average Bonchev–Trinajstić information content (AvgIpc) is 2.38. The van der Waals surface area contributed by atoms with Crippen LogP contribution in [0.5, 0.6) is 0 Å². The van der Waals surface area contributed by atoms with Crippen molar-refractivity contribution in [1.82, 2.24) is 4.90 Å². The molecule has 0 bridgehead atoms. The van der Waals surface area contributed by atoms with Crippen LogP contribution in [0.3, 0.4) is 0 Å². The van der Waals surface area contributed by atoms with E-state index < -0.39 is 12.0 Å². The van der Waals surface area contributed by atoms with Crippen LogP contribution in [0.2, 0.25) is 0 Å². The smallest absolute Gasteiger partial charge is 0.320 e. The molecule has 5 heteroatoms. The van der Waals surface area contributed by atoms with Gasteiger partial charge in [0, 0.05) is 17.6 Å². The van der Waals surface area contributed by atoms with Gasteiger partial charge in [0.25, 0.3) is 0 Å². The predicted molar refractivity (Wildman–Crippen MR) is 71.5 cm³/mol. The zero-order chi connectivity index (χ0) is 13.1. The van der Waals surface area contributed by atoms with Crippen LogP contribution in [0, 0.1) is 0 Å². The second kappa shape index (κ2) is 5.82. The molecule has 2 unspecified atom stereocenters. The first-order chi connectivity index (χ1) is 8.58. The number of ether oxygens (including phenoxy) is 1. The van der Waals surface area contributed by atoms with Gasteiger partial charge >= 0.3 is 5.97 Å². The lowest BCUT2D eigenvalue weighted by atomic mass is 10.1. The van der Waals surface area contributed by atoms with Crippen LogP contribution in [0.4, 0.5) is 0 Å². The lowest BCUT2D eigenvalue weighted by Gasteiger charge is -2.35. The molecule has 1 fully saturated rings. The van der Waals surface area contributed by atoms with Crippen molar-refractivity contribution < 1.29 is 14.6 Å². The third-order valence-electron chi connectivity index (χ3n) is 3.22. The third-order valence-corrected chi connectivity index (χ3v) is 3.72. The molecule has 2 rings (SSSR count). The van der Waals surface area contributed by atoms with Crippen LogP contribution in [0.1, 0.15) is 18.6 Å². The van der Waals surface area contributed by atoms with Crippen molar-refractivity contribution in [2.24, 2.45) is 0 Å². The number of carbonyl (C=O) groups is 1. The minimum absolute atomic E-state index is 0.0574. The summed E-state index contributed by atoms with van der Waals surface area (Å²) in [4.78, 5) is 12.9. The van der Waals surface area contributed by atoms with Gasteiger partial charge in [-0.3, -0.25) is 9.69 Å². The SMILES string of the molecule is CC(C(=O)O)N1CCOC(c2cccc(Br)c2)C1. The van der Waals surface area contributed by atoms with Crippen LogP contribution in [-0.4, -0.2) is 41.7 Å². The highest BCUT2D eigenvalue weighted by molar-refractivity contribution is 9.10. The number of hydrogen-bond donors (Lipinski definition) is 1. The maximum Gasteiger partial charge on any atom is 0.320 e. The number of nitrogens with zero attached hydrogens (tertiary/aromatic N) is 1. The molecule has 0 spiro atoms. The molecule has 0 amide bonds. The normalized spacial score (nSPS) is 22.7. The summed E-state index contributed by atoms with van der Waals surface area (Å²) >= 11 is 3.43. The number of carboxylic acids is 1. The van der Waals surface area contributed by atoms with E-state index in [-0.39, 0.29) is 6.10 Å². The van der Waals surface area contributed by atoms with Gasteiger partial charge in [-0.25, -0.2) is 0 Å². The molecule has 18 heavy (non-hydrogen) atoms. The van der Waals surface area contributed by atoms with Crippen LogP contribution >= 0.6 is 15.9 Å². The van der Waals surface area contributed by atoms with Crippen LogP contribution in [0.25, 0.3) is 0 Å². The Hall–Kier alpha value is -0.910. The molecule has 1 aromatic rings. The summed E-state index contributed by atoms with van der Waals surface area (Å²) in [5, 5.41) is 9.05. The molecular weight excluding hydrogens is 298 g/mol. The molecule has 1 aliphatic rings. The van der Waals surface area contributed by atoms with Crippen molar-refractivity contribution in [3.63, 3.8) is 0 Å². The fourth-order valence-electron chi connectivity index (χ4n) is 2.09. The lowest BCUT2D eigenvalue weighted by Crippen LogP contribution is -2.46. The van der Waals surface area contributed by atoms with Gasteiger partial charge in [0.2, 0.25) is 0 Å². The summed E-state index contributed by atoms with van der Waals surface area (Å²) in [6.07, 6.45) is -0.0574. The van der Waals surface area contributed by atoms with E-state index in [4.69, 9.17) is 9.84 Å². The topological polar surface area (TPSA) is 49.8 Å². The molecular formula is C13H16BrNO3. The van der Waals surface area contributed by atoms with Crippen molar-refractivity contribution in [2.45, 2.75) is 19.1 Å². The number of morpholine rings is 1. The first kappa shape index (κ1) is 13.5. The Morgan fingerprint density at radius 2 is 2.39 bits per heavy atom. The van der Waals surface area contributed by atoms with Gasteiger partial charge in [0.15, 0.2) is 0 Å². The number of aliphatic carboxylic acids is 1. The molecule has 2 atom stereocenters. The van der Waals surface area contributed by atoms with E-state index in [2.05, 4.69) is 15.9 Å². The predicted octanol–water partition coefficient (Wildman–Crippen LogP) is 2.30. The fraction of sp³-hybridized carbons (Fsp3) is 0.462. The summed E-state index contributed by atoms with van der Waals surface area (Å²) in [7, 11) is 0. The number of benzene rings is 1. The number of carboxylic acid groups (broad SMARTS) is 1. The minimum atomic E-state index is -0.787. The Labute approximate surface area is 115 Å². The Balaban J connectivity index is 2.09. The van der Waals surface area contributed by atoms with Gasteiger partial charge in [-0.15, -0.1) is 0 Å². The molecule has 1 heterocycles. The van der Waals surface area contributed by atoms with Crippen molar-refractivity contribution in [2.75, 3.05) is 19.7 Å². The van der Waals surface area contributed by atoms with E-state index in [0.717, 1.165) is 10.0 Å². The van der Waals surface area contributed by atoms with Gasteiger partial charge in [-0.2, -0.15) is 0 Å². The Morgan fingerprint density at radius 1 is 1.61 bits per heavy atom. The molecule has 1 N–H and O–H groups in total. The second-order valence-electron chi connectivity index (χ2n) is 4.42. The second-order valence-corrected chi connectivity index (χ2v) is 5.34. The standard InChI is InChI=1S/C13H16BrNO3/c1-9(13(16)17)15-5-6-18-12(8-15)10-3-2-4-11(14)7-10/h2-4,7,9,12H,5-6,8H2,1H3,(H,16,17). The maximum atomic E-state index is 11.0. The molecule has 0 radical (unpaired) electrons. The third kappa shape index (κ3) is 3.10. The van der Waals surface area contributed by atoms with Crippen molar-refractivity contribution in [3.8, 4) is 0 Å². The molecule has 0 aliphatic carbocycles. The van der Waals surface area contributed by atoms with Gasteiger partial charge in [0.1, 0.15) is 6.04 Å². The Morgan fingerprint density at radius 3 is 3.06 bits per heavy atom. The zero-order valence-corrected chi connectivity index (χ0v) is 11.8. The van der Waals surface area contributed by atoms with Crippen LogP contribution < -0.4 is 0 Å². The molecule has 0 saturated carbocycles. The van der Waals surface area contributed by atoms with E-state index in [1.165, 1.54) is 0 Å². The van der Waals surface area contributed by atoms with E-state index in [1.54, 1.807) is 6.92 Å². The number of hydrogen-bond acceptors (Lipinski definition) is 3. The van der Waals surface area contributed by atoms with Gasteiger partial charge < -0.3 is 9.84 Å². The average molecular weight is 314 g/mol. The lowest BCUT2D eigenvalue weighted by molar-refractivity contribution is -0.145.